The van der Waals surface area contributed by atoms with Gasteiger partial charge in [-0.25, -0.2) is 4.39 Å². The van der Waals surface area contributed by atoms with Gasteiger partial charge in [-0.05, 0) is 48.4 Å². The number of anilines is 2. The molecule has 0 aliphatic rings. The molecule has 0 fully saturated rings. The lowest BCUT2D eigenvalue weighted by molar-refractivity contribution is -0.132. The SMILES string of the molecule is CC(=O)N(CCc1ccc(F)cc1)CC(=O)Nc1ccc(N(C)C)cc1. The molecule has 0 aliphatic carbocycles. The van der Waals surface area contributed by atoms with Crippen LogP contribution >= 0.6 is 0 Å². The normalized spacial score (nSPS) is 10.3. The molecule has 6 heteroatoms. The third-order valence-electron chi connectivity index (χ3n) is 4.03. The Balaban J connectivity index is 1.90. The van der Waals surface area contributed by atoms with Crippen molar-refractivity contribution in [1.29, 1.82) is 0 Å². The van der Waals surface area contributed by atoms with Gasteiger partial charge in [0, 0.05) is 38.9 Å². The zero-order valence-electron chi connectivity index (χ0n) is 15.3. The van der Waals surface area contributed by atoms with Gasteiger partial charge in [0.2, 0.25) is 11.8 Å². The van der Waals surface area contributed by atoms with Crippen molar-refractivity contribution < 1.29 is 14.0 Å². The maximum Gasteiger partial charge on any atom is 0.243 e. The first-order valence-corrected chi connectivity index (χ1v) is 8.42. The molecule has 2 amide bonds. The number of benzene rings is 2. The van der Waals surface area contributed by atoms with E-state index in [0.717, 1.165) is 11.3 Å². The van der Waals surface area contributed by atoms with Gasteiger partial charge in [0.1, 0.15) is 5.82 Å². The average Bonchev–Trinajstić information content (AvgIpc) is 2.60. The molecule has 2 rings (SSSR count). The van der Waals surface area contributed by atoms with E-state index in [0.29, 0.717) is 18.7 Å². The quantitative estimate of drug-likeness (QED) is 0.829. The van der Waals surface area contributed by atoms with Crippen LogP contribution < -0.4 is 10.2 Å². The Labute approximate surface area is 153 Å². The average molecular weight is 357 g/mol. The van der Waals surface area contributed by atoms with Crippen molar-refractivity contribution in [3.63, 3.8) is 0 Å². The molecule has 0 spiro atoms. The highest BCUT2D eigenvalue weighted by Crippen LogP contribution is 2.15. The lowest BCUT2D eigenvalue weighted by Crippen LogP contribution is -2.38. The van der Waals surface area contributed by atoms with Crippen molar-refractivity contribution in [2.75, 3.05) is 37.4 Å². The van der Waals surface area contributed by atoms with E-state index in [1.54, 1.807) is 12.1 Å². The molecule has 5 nitrogen and oxygen atoms in total. The summed E-state index contributed by atoms with van der Waals surface area (Å²) in [6.07, 6.45) is 0.560. The minimum atomic E-state index is -0.295. The number of rotatable bonds is 7. The fraction of sp³-hybridized carbons (Fsp3) is 0.300. The van der Waals surface area contributed by atoms with Crippen LogP contribution in [0.15, 0.2) is 48.5 Å². The zero-order valence-corrected chi connectivity index (χ0v) is 15.3. The van der Waals surface area contributed by atoms with Crippen molar-refractivity contribution in [2.24, 2.45) is 0 Å². The fourth-order valence-corrected chi connectivity index (χ4v) is 2.48. The van der Waals surface area contributed by atoms with Crippen molar-refractivity contribution in [2.45, 2.75) is 13.3 Å². The molecule has 2 aromatic rings. The molecule has 0 saturated carbocycles. The summed E-state index contributed by atoms with van der Waals surface area (Å²) in [6.45, 7) is 1.81. The molecule has 0 heterocycles. The summed E-state index contributed by atoms with van der Waals surface area (Å²) in [7, 11) is 3.89. The van der Waals surface area contributed by atoms with Crippen molar-refractivity contribution in [1.82, 2.24) is 4.90 Å². The lowest BCUT2D eigenvalue weighted by Gasteiger charge is -2.21. The van der Waals surface area contributed by atoms with Crippen LogP contribution in [0.25, 0.3) is 0 Å². The smallest absolute Gasteiger partial charge is 0.243 e. The predicted molar refractivity (Wildman–Crippen MR) is 102 cm³/mol. The van der Waals surface area contributed by atoms with Crippen molar-refractivity contribution in [3.8, 4) is 0 Å². The van der Waals surface area contributed by atoms with E-state index in [9.17, 15) is 14.0 Å². The second-order valence-electron chi connectivity index (χ2n) is 6.31. The molecule has 0 aliphatic heterocycles. The number of nitrogens with zero attached hydrogens (tertiary/aromatic N) is 2. The Morgan fingerprint density at radius 2 is 1.62 bits per heavy atom. The highest BCUT2D eigenvalue weighted by atomic mass is 19.1. The van der Waals surface area contributed by atoms with E-state index in [4.69, 9.17) is 0 Å². The maximum absolute atomic E-state index is 12.9. The van der Waals surface area contributed by atoms with E-state index in [1.807, 2.05) is 43.3 Å². The minimum absolute atomic E-state index is 0.0219. The van der Waals surface area contributed by atoms with Crippen LogP contribution in [0.3, 0.4) is 0 Å². The summed E-state index contributed by atoms with van der Waals surface area (Å²) >= 11 is 0. The Morgan fingerprint density at radius 1 is 1.00 bits per heavy atom. The van der Waals surface area contributed by atoms with Gasteiger partial charge in [-0.2, -0.15) is 0 Å². The highest BCUT2D eigenvalue weighted by Gasteiger charge is 2.14. The van der Waals surface area contributed by atoms with Gasteiger partial charge in [-0.3, -0.25) is 9.59 Å². The van der Waals surface area contributed by atoms with Crippen LogP contribution in [0.4, 0.5) is 15.8 Å². The number of carbonyl (C=O) groups excluding carboxylic acids is 2. The molecule has 138 valence electrons. The van der Waals surface area contributed by atoms with Gasteiger partial charge >= 0.3 is 0 Å². The molecule has 1 N–H and O–H groups in total. The minimum Gasteiger partial charge on any atom is -0.378 e. The molecule has 0 bridgehead atoms. The summed E-state index contributed by atoms with van der Waals surface area (Å²) in [5.74, 6) is -0.723. The van der Waals surface area contributed by atoms with Gasteiger partial charge in [0.15, 0.2) is 0 Å². The van der Waals surface area contributed by atoms with E-state index < -0.39 is 0 Å². The standard InChI is InChI=1S/C20H24FN3O2/c1-15(25)24(13-12-16-4-6-17(21)7-5-16)14-20(26)22-18-8-10-19(11-9-18)23(2)3/h4-11H,12-14H2,1-3H3,(H,22,26). The van der Waals surface area contributed by atoms with Crippen LogP contribution in [0.2, 0.25) is 0 Å². The maximum atomic E-state index is 12.9. The summed E-state index contributed by atoms with van der Waals surface area (Å²) < 4.78 is 12.9. The Morgan fingerprint density at radius 3 is 2.15 bits per heavy atom. The molecular formula is C20H24FN3O2. The van der Waals surface area contributed by atoms with E-state index in [-0.39, 0.29) is 24.2 Å². The molecular weight excluding hydrogens is 333 g/mol. The summed E-state index contributed by atoms with van der Waals surface area (Å²) in [4.78, 5) is 27.5. The van der Waals surface area contributed by atoms with Gasteiger partial charge < -0.3 is 15.1 Å². The second kappa shape index (κ2) is 8.99. The first-order valence-electron chi connectivity index (χ1n) is 8.42. The van der Waals surface area contributed by atoms with E-state index in [2.05, 4.69) is 5.32 Å². The summed E-state index contributed by atoms with van der Waals surface area (Å²) in [5, 5.41) is 2.80. The van der Waals surface area contributed by atoms with Gasteiger partial charge in [0.25, 0.3) is 0 Å². The largest absolute Gasteiger partial charge is 0.378 e. The lowest BCUT2D eigenvalue weighted by atomic mass is 10.1. The van der Waals surface area contributed by atoms with Gasteiger partial charge in [-0.1, -0.05) is 12.1 Å². The Hall–Kier alpha value is -2.89. The van der Waals surface area contributed by atoms with Crippen LogP contribution in [0.1, 0.15) is 12.5 Å². The molecule has 0 radical (unpaired) electrons. The van der Waals surface area contributed by atoms with Crippen LogP contribution in [-0.4, -0.2) is 43.9 Å². The third-order valence-corrected chi connectivity index (χ3v) is 4.03. The van der Waals surface area contributed by atoms with Crippen LogP contribution in [0.5, 0.6) is 0 Å². The van der Waals surface area contributed by atoms with Crippen LogP contribution in [-0.2, 0) is 16.0 Å². The zero-order chi connectivity index (χ0) is 19.1. The first-order chi connectivity index (χ1) is 12.3. The molecule has 0 saturated heterocycles. The fourth-order valence-electron chi connectivity index (χ4n) is 2.48. The number of amides is 2. The number of hydrogen-bond donors (Lipinski definition) is 1. The molecule has 0 aromatic heterocycles. The topological polar surface area (TPSA) is 52.7 Å². The number of carbonyl (C=O) groups is 2. The predicted octanol–water partition coefficient (Wildman–Crippen LogP) is 2.92. The Kier molecular flexibility index (Phi) is 6.72. The first kappa shape index (κ1) is 19.4. The number of halogens is 1. The van der Waals surface area contributed by atoms with Crippen molar-refractivity contribution >= 4 is 23.2 Å². The molecule has 0 atom stereocenters. The molecule has 0 unspecified atom stereocenters. The van der Waals surface area contributed by atoms with Gasteiger partial charge in [0.05, 0.1) is 6.54 Å². The third kappa shape index (κ3) is 5.88. The number of nitrogens with one attached hydrogen (secondary N) is 1. The molecule has 26 heavy (non-hydrogen) atoms. The number of hydrogen-bond acceptors (Lipinski definition) is 3. The highest BCUT2D eigenvalue weighted by molar-refractivity contribution is 5.94. The van der Waals surface area contributed by atoms with E-state index >= 15 is 0 Å². The Bertz CT molecular complexity index is 743. The molecule has 2 aromatic carbocycles. The monoisotopic (exact) mass is 357 g/mol. The van der Waals surface area contributed by atoms with Crippen molar-refractivity contribution in [3.05, 3.63) is 59.9 Å². The van der Waals surface area contributed by atoms with E-state index in [1.165, 1.54) is 24.0 Å². The van der Waals surface area contributed by atoms with Crippen LogP contribution in [0, 0.1) is 5.82 Å². The summed E-state index contributed by atoms with van der Waals surface area (Å²) in [6, 6.07) is 13.6. The van der Waals surface area contributed by atoms with Gasteiger partial charge in [-0.15, -0.1) is 0 Å². The second-order valence-corrected chi connectivity index (χ2v) is 6.31. The summed E-state index contributed by atoms with van der Waals surface area (Å²) in [5.41, 5.74) is 2.63.